The Labute approximate surface area is 113 Å². The van der Waals surface area contributed by atoms with Gasteiger partial charge < -0.3 is 5.11 Å². The minimum atomic E-state index is -0.722. The van der Waals surface area contributed by atoms with Crippen LogP contribution in [0.5, 0.6) is 0 Å². The molecule has 19 heavy (non-hydrogen) atoms. The summed E-state index contributed by atoms with van der Waals surface area (Å²) in [7, 11) is 0. The molecule has 6 nitrogen and oxygen atoms in total. The van der Waals surface area contributed by atoms with Crippen molar-refractivity contribution in [1.82, 2.24) is 19.7 Å². The number of aromatic nitrogens is 3. The van der Waals surface area contributed by atoms with E-state index in [0.717, 1.165) is 31.8 Å². The molecule has 0 aromatic carbocycles. The Balaban J connectivity index is 2.00. The summed E-state index contributed by atoms with van der Waals surface area (Å²) in [5.74, 6) is 0.736. The minimum absolute atomic E-state index is 0.140. The number of carboxylic acids is 1. The van der Waals surface area contributed by atoms with Crippen molar-refractivity contribution >= 4 is 5.97 Å². The van der Waals surface area contributed by atoms with Crippen molar-refractivity contribution < 1.29 is 9.90 Å². The van der Waals surface area contributed by atoms with Gasteiger partial charge in [0.15, 0.2) is 0 Å². The lowest BCUT2D eigenvalue weighted by molar-refractivity contribution is -0.138. The van der Waals surface area contributed by atoms with Gasteiger partial charge in [-0.15, -0.1) is 0 Å². The predicted octanol–water partition coefficient (Wildman–Crippen LogP) is 1.37. The Morgan fingerprint density at radius 2 is 2.37 bits per heavy atom. The van der Waals surface area contributed by atoms with Gasteiger partial charge in [0.05, 0.1) is 13.0 Å². The van der Waals surface area contributed by atoms with Crippen LogP contribution in [0, 0.1) is 5.92 Å². The smallest absolute Gasteiger partial charge is 0.304 e. The molecule has 1 aromatic heterocycles. The number of carboxylic acid groups (broad SMARTS) is 1. The predicted molar refractivity (Wildman–Crippen MR) is 70.5 cm³/mol. The lowest BCUT2D eigenvalue weighted by atomic mass is 10.1. The fourth-order valence-electron chi connectivity index (χ4n) is 2.63. The normalized spacial score (nSPS) is 20.3. The molecule has 2 rings (SSSR count). The third-order valence-corrected chi connectivity index (χ3v) is 3.49. The number of rotatable bonds is 6. The van der Waals surface area contributed by atoms with E-state index in [1.165, 1.54) is 0 Å². The van der Waals surface area contributed by atoms with E-state index in [0.29, 0.717) is 12.5 Å². The topological polar surface area (TPSA) is 71.2 Å². The van der Waals surface area contributed by atoms with Crippen LogP contribution in [-0.2, 0) is 17.9 Å². The van der Waals surface area contributed by atoms with E-state index in [9.17, 15) is 4.79 Å². The van der Waals surface area contributed by atoms with Crippen LogP contribution in [0.2, 0.25) is 0 Å². The first-order valence-electron chi connectivity index (χ1n) is 6.88. The number of hydrogen-bond acceptors (Lipinski definition) is 4. The van der Waals surface area contributed by atoms with E-state index in [4.69, 9.17) is 5.11 Å². The maximum Gasteiger partial charge on any atom is 0.304 e. The average Bonchev–Trinajstić information content (AvgIpc) is 2.89. The summed E-state index contributed by atoms with van der Waals surface area (Å²) in [5.41, 5.74) is 0. The molecule has 1 saturated heterocycles. The molecule has 106 valence electrons. The number of nitrogens with zero attached hydrogens (tertiary/aromatic N) is 4. The summed E-state index contributed by atoms with van der Waals surface area (Å²) >= 11 is 0. The van der Waals surface area contributed by atoms with E-state index in [1.54, 1.807) is 6.33 Å². The van der Waals surface area contributed by atoms with E-state index in [-0.39, 0.29) is 12.5 Å². The summed E-state index contributed by atoms with van der Waals surface area (Å²) in [5, 5.41) is 13.2. The van der Waals surface area contributed by atoms with Crippen molar-refractivity contribution in [2.24, 2.45) is 5.92 Å². The van der Waals surface area contributed by atoms with Crippen LogP contribution in [0.4, 0.5) is 0 Å². The summed E-state index contributed by atoms with van der Waals surface area (Å²) in [6.45, 7) is 6.80. The molecule has 1 aliphatic heterocycles. The highest BCUT2D eigenvalue weighted by molar-refractivity contribution is 5.67. The van der Waals surface area contributed by atoms with Crippen LogP contribution in [0.3, 0.4) is 0 Å². The Bertz CT molecular complexity index is 430. The molecule has 6 heteroatoms. The molecule has 0 saturated carbocycles. The molecular formula is C13H22N4O2. The maximum atomic E-state index is 10.9. The molecule has 0 spiro atoms. The average molecular weight is 266 g/mol. The highest BCUT2D eigenvalue weighted by Gasteiger charge is 2.27. The van der Waals surface area contributed by atoms with Crippen LogP contribution in [0.25, 0.3) is 0 Å². The van der Waals surface area contributed by atoms with Gasteiger partial charge in [-0.2, -0.15) is 5.10 Å². The molecule has 1 unspecified atom stereocenters. The molecule has 1 fully saturated rings. The quantitative estimate of drug-likeness (QED) is 0.842. The molecule has 0 radical (unpaired) electrons. The monoisotopic (exact) mass is 266 g/mol. The first-order chi connectivity index (χ1) is 9.06. The van der Waals surface area contributed by atoms with Crippen molar-refractivity contribution in [3.05, 3.63) is 12.2 Å². The highest BCUT2D eigenvalue weighted by atomic mass is 16.4. The Kier molecular flexibility index (Phi) is 4.52. The van der Waals surface area contributed by atoms with Crippen molar-refractivity contribution in [3.8, 4) is 0 Å². The van der Waals surface area contributed by atoms with Gasteiger partial charge in [-0.05, 0) is 25.3 Å². The second-order valence-electron chi connectivity index (χ2n) is 5.62. The lowest BCUT2D eigenvalue weighted by Gasteiger charge is -2.22. The van der Waals surface area contributed by atoms with E-state index < -0.39 is 5.97 Å². The number of aliphatic carboxylic acids is 1. The lowest BCUT2D eigenvalue weighted by Crippen LogP contribution is -2.32. The molecule has 1 atom stereocenters. The van der Waals surface area contributed by atoms with Crippen LogP contribution < -0.4 is 0 Å². The number of hydrogen-bond donors (Lipinski definition) is 1. The molecule has 0 amide bonds. The second kappa shape index (κ2) is 6.14. The van der Waals surface area contributed by atoms with Gasteiger partial charge >= 0.3 is 5.97 Å². The molecule has 0 aliphatic carbocycles. The van der Waals surface area contributed by atoms with Crippen LogP contribution in [-0.4, -0.2) is 43.3 Å². The zero-order valence-corrected chi connectivity index (χ0v) is 11.6. The number of carbonyl (C=O) groups is 1. The third-order valence-electron chi connectivity index (χ3n) is 3.49. The van der Waals surface area contributed by atoms with Crippen LogP contribution in [0.1, 0.15) is 38.9 Å². The molecule has 1 N–H and O–H groups in total. The van der Waals surface area contributed by atoms with Crippen molar-refractivity contribution in [3.63, 3.8) is 0 Å². The molecular weight excluding hydrogens is 244 g/mol. The van der Waals surface area contributed by atoms with E-state index in [1.807, 2.05) is 4.68 Å². The fraction of sp³-hybridized carbons (Fsp3) is 0.769. The zero-order chi connectivity index (χ0) is 13.8. The minimum Gasteiger partial charge on any atom is -0.481 e. The standard InChI is InChI=1S/C13H22N4O2/c1-10(2)7-17-12(14-9-15-17)8-16-5-3-4-11(16)6-13(18)19/h9-11H,3-8H2,1-2H3,(H,18,19). The van der Waals surface area contributed by atoms with Gasteiger partial charge in [0.1, 0.15) is 12.2 Å². The molecule has 1 aromatic rings. The van der Waals surface area contributed by atoms with Gasteiger partial charge in [-0.1, -0.05) is 13.8 Å². The summed E-state index contributed by atoms with van der Waals surface area (Å²) < 4.78 is 1.93. The van der Waals surface area contributed by atoms with Crippen molar-refractivity contribution in [2.45, 2.75) is 52.2 Å². The van der Waals surface area contributed by atoms with Crippen LogP contribution in [0.15, 0.2) is 6.33 Å². The van der Waals surface area contributed by atoms with Gasteiger partial charge in [-0.3, -0.25) is 9.69 Å². The SMILES string of the molecule is CC(C)Cn1ncnc1CN1CCCC1CC(=O)O. The molecule has 2 heterocycles. The first kappa shape index (κ1) is 14.0. The number of likely N-dealkylation sites (tertiary alicyclic amines) is 1. The second-order valence-corrected chi connectivity index (χ2v) is 5.62. The largest absolute Gasteiger partial charge is 0.481 e. The fourth-order valence-corrected chi connectivity index (χ4v) is 2.63. The van der Waals surface area contributed by atoms with Gasteiger partial charge in [0.2, 0.25) is 0 Å². The Morgan fingerprint density at radius 1 is 1.58 bits per heavy atom. The summed E-state index contributed by atoms with van der Waals surface area (Å²) in [4.78, 5) is 17.4. The maximum absolute atomic E-state index is 10.9. The summed E-state index contributed by atoms with van der Waals surface area (Å²) in [6, 6.07) is 0.140. The Hall–Kier alpha value is -1.43. The van der Waals surface area contributed by atoms with Crippen LogP contribution >= 0.6 is 0 Å². The van der Waals surface area contributed by atoms with E-state index in [2.05, 4.69) is 28.8 Å². The van der Waals surface area contributed by atoms with Gasteiger partial charge in [-0.25, -0.2) is 9.67 Å². The molecule has 1 aliphatic rings. The highest BCUT2D eigenvalue weighted by Crippen LogP contribution is 2.22. The van der Waals surface area contributed by atoms with Gasteiger partial charge in [0, 0.05) is 12.6 Å². The summed E-state index contributed by atoms with van der Waals surface area (Å²) in [6.07, 6.45) is 3.83. The van der Waals surface area contributed by atoms with Crippen molar-refractivity contribution in [2.75, 3.05) is 6.54 Å². The third kappa shape index (κ3) is 3.76. The Morgan fingerprint density at radius 3 is 3.05 bits per heavy atom. The van der Waals surface area contributed by atoms with E-state index >= 15 is 0 Å². The first-order valence-corrected chi connectivity index (χ1v) is 6.88. The van der Waals surface area contributed by atoms with Crippen molar-refractivity contribution in [1.29, 1.82) is 0 Å². The molecule has 0 bridgehead atoms. The van der Waals surface area contributed by atoms with Gasteiger partial charge in [0.25, 0.3) is 0 Å². The zero-order valence-electron chi connectivity index (χ0n) is 11.6.